The van der Waals surface area contributed by atoms with Crippen molar-refractivity contribution < 1.29 is 4.79 Å². The van der Waals surface area contributed by atoms with E-state index >= 15 is 0 Å². The fraction of sp³-hybridized carbons (Fsp3) is 0.250. The van der Waals surface area contributed by atoms with Crippen LogP contribution in [0.1, 0.15) is 18.5 Å². The highest BCUT2D eigenvalue weighted by Crippen LogP contribution is 2.29. The van der Waals surface area contributed by atoms with Gasteiger partial charge in [-0.25, -0.2) is 4.79 Å². The molecule has 0 radical (unpaired) electrons. The molecule has 6 heteroatoms. The van der Waals surface area contributed by atoms with E-state index in [1.165, 1.54) is 4.90 Å². The number of terminal acetylenes is 1. The first-order chi connectivity index (χ1) is 8.54. The second-order valence-corrected chi connectivity index (χ2v) is 4.82. The predicted octanol–water partition coefficient (Wildman–Crippen LogP) is 1.70. The first-order valence-electron chi connectivity index (χ1n) is 5.27. The zero-order valence-corrected chi connectivity index (χ0v) is 11.3. The Balaban J connectivity index is 2.44. The molecule has 5 nitrogen and oxygen atoms in total. The number of amidine groups is 1. The molecule has 1 aromatic heterocycles. The van der Waals surface area contributed by atoms with Crippen LogP contribution in [0.3, 0.4) is 0 Å². The van der Waals surface area contributed by atoms with E-state index < -0.39 is 12.1 Å². The van der Waals surface area contributed by atoms with Crippen molar-refractivity contribution in [1.82, 2.24) is 9.88 Å². The van der Waals surface area contributed by atoms with Gasteiger partial charge < -0.3 is 5.73 Å². The quantitative estimate of drug-likeness (QED) is 0.845. The van der Waals surface area contributed by atoms with E-state index in [2.05, 4.69) is 31.8 Å². The van der Waals surface area contributed by atoms with Crippen LogP contribution in [-0.2, 0) is 0 Å². The average Bonchev–Trinajstić information content (AvgIpc) is 2.63. The number of urea groups is 1. The number of aromatic nitrogens is 1. The minimum atomic E-state index is -0.450. The molecule has 2 amide bonds. The molecule has 0 saturated carbocycles. The monoisotopic (exact) mass is 306 g/mol. The molecule has 0 aliphatic carbocycles. The maximum Gasteiger partial charge on any atom is 0.347 e. The first kappa shape index (κ1) is 12.6. The van der Waals surface area contributed by atoms with Gasteiger partial charge in [0.25, 0.3) is 0 Å². The molecule has 1 aliphatic rings. The lowest BCUT2D eigenvalue weighted by Crippen LogP contribution is -2.39. The Hall–Kier alpha value is -1.87. The van der Waals surface area contributed by atoms with Gasteiger partial charge in [-0.05, 0) is 28.9 Å². The second kappa shape index (κ2) is 4.78. The molecule has 2 rings (SSSR count). The summed E-state index contributed by atoms with van der Waals surface area (Å²) in [6.07, 6.45) is 8.67. The Labute approximate surface area is 113 Å². The number of carbonyl (C=O) groups excluding carboxylic acids is 1. The lowest BCUT2D eigenvalue weighted by atomic mass is 10.1. The smallest absolute Gasteiger partial charge is 0.347 e. The number of hydrogen-bond acceptors (Lipinski definition) is 3. The summed E-state index contributed by atoms with van der Waals surface area (Å²) in [4.78, 5) is 21.1. The fourth-order valence-electron chi connectivity index (χ4n) is 1.86. The lowest BCUT2D eigenvalue weighted by Gasteiger charge is -2.27. The summed E-state index contributed by atoms with van der Waals surface area (Å²) in [5.74, 6) is 2.75. The minimum absolute atomic E-state index is 0.238. The van der Waals surface area contributed by atoms with Gasteiger partial charge in [0.15, 0.2) is 0 Å². The summed E-state index contributed by atoms with van der Waals surface area (Å²) < 4.78 is 0.806. The van der Waals surface area contributed by atoms with Crippen LogP contribution in [0.4, 0.5) is 4.79 Å². The third-order valence-corrected chi connectivity index (χ3v) is 3.14. The molecule has 1 aromatic rings. The number of carbonyl (C=O) groups is 1. The predicted molar refractivity (Wildman–Crippen MR) is 71.8 cm³/mol. The van der Waals surface area contributed by atoms with Gasteiger partial charge in [0.1, 0.15) is 11.9 Å². The number of amides is 2. The standard InChI is InChI=1S/C12H11BrN4O/c1-3-7(2)17-10(11(14)16-12(17)18)8-4-9(13)6-15-5-8/h1,4-7,10H,2H3,(H2,14,16,18). The molecular weight excluding hydrogens is 296 g/mol. The Morgan fingerprint density at radius 1 is 1.61 bits per heavy atom. The van der Waals surface area contributed by atoms with Crippen molar-refractivity contribution in [2.75, 3.05) is 0 Å². The number of nitrogens with zero attached hydrogens (tertiary/aromatic N) is 3. The zero-order chi connectivity index (χ0) is 13.3. The number of aliphatic imine (C=N–C) groups is 1. The molecule has 2 unspecified atom stereocenters. The summed E-state index contributed by atoms with van der Waals surface area (Å²) in [5, 5.41) is 0. The average molecular weight is 307 g/mol. The largest absolute Gasteiger partial charge is 0.385 e. The Morgan fingerprint density at radius 3 is 2.94 bits per heavy atom. The molecule has 18 heavy (non-hydrogen) atoms. The van der Waals surface area contributed by atoms with Crippen molar-refractivity contribution in [1.29, 1.82) is 0 Å². The molecular formula is C12H11BrN4O. The summed E-state index contributed by atoms with van der Waals surface area (Å²) >= 11 is 3.33. The molecule has 0 aromatic carbocycles. The van der Waals surface area contributed by atoms with Crippen LogP contribution in [-0.4, -0.2) is 27.8 Å². The van der Waals surface area contributed by atoms with Gasteiger partial charge in [0, 0.05) is 22.4 Å². The van der Waals surface area contributed by atoms with Crippen molar-refractivity contribution in [3.8, 4) is 12.3 Å². The molecule has 2 heterocycles. The maximum absolute atomic E-state index is 11.8. The highest BCUT2D eigenvalue weighted by Gasteiger charge is 2.37. The van der Waals surface area contributed by atoms with Crippen molar-refractivity contribution in [2.24, 2.45) is 10.7 Å². The van der Waals surface area contributed by atoms with Crippen LogP contribution >= 0.6 is 15.9 Å². The van der Waals surface area contributed by atoms with Crippen molar-refractivity contribution in [3.05, 3.63) is 28.5 Å². The summed E-state index contributed by atoms with van der Waals surface area (Å²) in [6, 6.07) is 0.595. The van der Waals surface area contributed by atoms with E-state index in [-0.39, 0.29) is 11.9 Å². The second-order valence-electron chi connectivity index (χ2n) is 3.91. The topological polar surface area (TPSA) is 71.6 Å². The number of nitrogens with two attached hydrogens (primary N) is 1. The van der Waals surface area contributed by atoms with E-state index in [9.17, 15) is 4.79 Å². The molecule has 0 saturated heterocycles. The highest BCUT2D eigenvalue weighted by atomic mass is 79.9. The number of halogens is 1. The Morgan fingerprint density at radius 2 is 2.33 bits per heavy atom. The number of hydrogen-bond donors (Lipinski definition) is 1. The molecule has 0 bridgehead atoms. The van der Waals surface area contributed by atoms with Crippen molar-refractivity contribution in [3.63, 3.8) is 0 Å². The molecule has 92 valence electrons. The SMILES string of the molecule is C#CC(C)N1C(=O)N=C(N)C1c1cncc(Br)c1. The Kier molecular flexibility index (Phi) is 3.34. The fourth-order valence-corrected chi connectivity index (χ4v) is 2.24. The zero-order valence-electron chi connectivity index (χ0n) is 9.67. The number of pyridine rings is 1. The molecule has 0 fully saturated rings. The van der Waals surface area contributed by atoms with E-state index in [1.807, 2.05) is 6.07 Å². The minimum Gasteiger partial charge on any atom is -0.385 e. The normalized spacial score (nSPS) is 20.5. The van der Waals surface area contributed by atoms with Gasteiger partial charge >= 0.3 is 6.03 Å². The molecule has 0 spiro atoms. The van der Waals surface area contributed by atoms with Gasteiger partial charge in [0.2, 0.25) is 0 Å². The molecule has 2 N–H and O–H groups in total. The van der Waals surface area contributed by atoms with E-state index in [0.717, 1.165) is 10.0 Å². The first-order valence-corrected chi connectivity index (χ1v) is 6.07. The summed E-state index contributed by atoms with van der Waals surface area (Å²) in [5.41, 5.74) is 6.59. The van der Waals surface area contributed by atoms with Gasteiger partial charge in [-0.15, -0.1) is 6.42 Å². The van der Waals surface area contributed by atoms with Crippen LogP contribution in [0.15, 0.2) is 27.9 Å². The van der Waals surface area contributed by atoms with E-state index in [0.29, 0.717) is 0 Å². The van der Waals surface area contributed by atoms with E-state index in [4.69, 9.17) is 12.2 Å². The van der Waals surface area contributed by atoms with Gasteiger partial charge in [-0.1, -0.05) is 5.92 Å². The van der Waals surface area contributed by atoms with Crippen LogP contribution in [0, 0.1) is 12.3 Å². The van der Waals surface area contributed by atoms with Crippen LogP contribution in [0.25, 0.3) is 0 Å². The molecule has 1 aliphatic heterocycles. The van der Waals surface area contributed by atoms with Gasteiger partial charge in [-0.2, -0.15) is 4.99 Å². The maximum atomic E-state index is 11.8. The Bertz CT molecular complexity index is 563. The van der Waals surface area contributed by atoms with Crippen molar-refractivity contribution >= 4 is 27.8 Å². The lowest BCUT2D eigenvalue weighted by molar-refractivity contribution is 0.199. The van der Waals surface area contributed by atoms with Crippen LogP contribution in [0.2, 0.25) is 0 Å². The number of rotatable bonds is 2. The van der Waals surface area contributed by atoms with E-state index in [1.54, 1.807) is 19.3 Å². The molecule has 2 atom stereocenters. The van der Waals surface area contributed by atoms with Crippen molar-refractivity contribution in [2.45, 2.75) is 19.0 Å². The third-order valence-electron chi connectivity index (χ3n) is 2.70. The van der Waals surface area contributed by atoms with Gasteiger partial charge in [-0.3, -0.25) is 9.88 Å². The highest BCUT2D eigenvalue weighted by molar-refractivity contribution is 9.10. The van der Waals surface area contributed by atoms with Gasteiger partial charge in [0.05, 0.1) is 6.04 Å². The summed E-state index contributed by atoms with van der Waals surface area (Å²) in [7, 11) is 0. The van der Waals surface area contributed by atoms with Crippen LogP contribution in [0.5, 0.6) is 0 Å². The third kappa shape index (κ3) is 2.09. The van der Waals surface area contributed by atoms with Crippen LogP contribution < -0.4 is 5.73 Å². The summed E-state index contributed by atoms with van der Waals surface area (Å²) in [6.45, 7) is 1.75.